The lowest BCUT2D eigenvalue weighted by Crippen LogP contribution is -2.01. The first-order chi connectivity index (χ1) is 8.19. The summed E-state index contributed by atoms with van der Waals surface area (Å²) in [6, 6.07) is 5.49. The molecule has 86 valence electrons. The highest BCUT2D eigenvalue weighted by molar-refractivity contribution is 5.42. The minimum atomic E-state index is 0.602. The third kappa shape index (κ3) is 2.61. The Labute approximate surface area is 99.7 Å². The zero-order valence-electron chi connectivity index (χ0n) is 9.81. The third-order valence-corrected chi connectivity index (χ3v) is 2.46. The van der Waals surface area contributed by atoms with Crippen LogP contribution in [0.3, 0.4) is 0 Å². The quantitative estimate of drug-likeness (QED) is 0.865. The lowest BCUT2D eigenvalue weighted by molar-refractivity contribution is 0.756. The third-order valence-electron chi connectivity index (χ3n) is 2.46. The van der Waals surface area contributed by atoms with Crippen molar-refractivity contribution in [3.05, 3.63) is 41.3 Å². The van der Waals surface area contributed by atoms with Gasteiger partial charge in [-0.05, 0) is 19.1 Å². The van der Waals surface area contributed by atoms with E-state index in [0.717, 1.165) is 11.3 Å². The van der Waals surface area contributed by atoms with Crippen LogP contribution in [-0.4, -0.2) is 14.8 Å². The van der Waals surface area contributed by atoms with Crippen molar-refractivity contribution in [1.29, 1.82) is 5.26 Å². The Kier molecular flexibility index (Phi) is 3.06. The predicted molar refractivity (Wildman–Crippen MR) is 64.2 cm³/mol. The standard InChI is InChI=1S/C12H13N5/c1-9-11(8-17(2)16-9)7-15-12-5-10(6-13)3-4-14-12/h3-5,8H,7H2,1-2H3,(H,14,15). The first-order valence-corrected chi connectivity index (χ1v) is 5.28. The molecular weight excluding hydrogens is 214 g/mol. The second-order valence-corrected chi connectivity index (χ2v) is 3.81. The lowest BCUT2D eigenvalue weighted by atomic mass is 10.2. The van der Waals surface area contributed by atoms with E-state index in [1.165, 1.54) is 0 Å². The Balaban J connectivity index is 2.07. The highest BCUT2D eigenvalue weighted by atomic mass is 15.3. The van der Waals surface area contributed by atoms with Crippen LogP contribution in [0.1, 0.15) is 16.8 Å². The van der Waals surface area contributed by atoms with E-state index in [1.807, 2.05) is 20.2 Å². The van der Waals surface area contributed by atoms with Crippen LogP contribution in [0.25, 0.3) is 0 Å². The number of nitriles is 1. The maximum atomic E-state index is 8.78. The van der Waals surface area contributed by atoms with Crippen molar-refractivity contribution in [2.24, 2.45) is 7.05 Å². The highest BCUT2D eigenvalue weighted by Crippen LogP contribution is 2.10. The molecule has 17 heavy (non-hydrogen) atoms. The van der Waals surface area contributed by atoms with Gasteiger partial charge < -0.3 is 5.32 Å². The zero-order chi connectivity index (χ0) is 12.3. The Hall–Kier alpha value is -2.35. The average molecular weight is 227 g/mol. The molecule has 0 saturated carbocycles. The molecule has 0 aliphatic carbocycles. The predicted octanol–water partition coefficient (Wildman–Crippen LogP) is 1.61. The molecule has 0 saturated heterocycles. The number of hydrogen-bond donors (Lipinski definition) is 1. The van der Waals surface area contributed by atoms with E-state index in [0.29, 0.717) is 17.9 Å². The van der Waals surface area contributed by atoms with Gasteiger partial charge >= 0.3 is 0 Å². The van der Waals surface area contributed by atoms with Crippen molar-refractivity contribution in [2.45, 2.75) is 13.5 Å². The molecule has 0 aliphatic heterocycles. The van der Waals surface area contributed by atoms with Crippen molar-refractivity contribution in [1.82, 2.24) is 14.8 Å². The van der Waals surface area contributed by atoms with Crippen LogP contribution in [-0.2, 0) is 13.6 Å². The van der Waals surface area contributed by atoms with Crippen molar-refractivity contribution in [3.63, 3.8) is 0 Å². The van der Waals surface area contributed by atoms with E-state index >= 15 is 0 Å². The van der Waals surface area contributed by atoms with E-state index in [9.17, 15) is 0 Å². The summed E-state index contributed by atoms with van der Waals surface area (Å²) in [5.41, 5.74) is 2.72. The van der Waals surface area contributed by atoms with Gasteiger partial charge in [0.15, 0.2) is 0 Å². The molecule has 2 rings (SSSR count). The summed E-state index contributed by atoms with van der Waals surface area (Å²) in [6.07, 6.45) is 3.59. The molecule has 0 unspecified atom stereocenters. The lowest BCUT2D eigenvalue weighted by Gasteiger charge is -2.04. The van der Waals surface area contributed by atoms with Crippen molar-refractivity contribution >= 4 is 5.82 Å². The topological polar surface area (TPSA) is 66.5 Å². The smallest absolute Gasteiger partial charge is 0.127 e. The average Bonchev–Trinajstić information content (AvgIpc) is 2.65. The minimum absolute atomic E-state index is 0.602. The van der Waals surface area contributed by atoms with Crippen LogP contribution in [0.5, 0.6) is 0 Å². The van der Waals surface area contributed by atoms with Crippen molar-refractivity contribution in [2.75, 3.05) is 5.32 Å². The summed E-state index contributed by atoms with van der Waals surface area (Å²) in [6.45, 7) is 2.62. The second kappa shape index (κ2) is 4.66. The number of rotatable bonds is 3. The fourth-order valence-electron chi connectivity index (χ4n) is 1.60. The first kappa shape index (κ1) is 11.1. The van der Waals surface area contributed by atoms with Gasteiger partial charge in [0.2, 0.25) is 0 Å². The Morgan fingerprint density at radius 3 is 3.00 bits per heavy atom. The van der Waals surface area contributed by atoms with Crippen LogP contribution in [0, 0.1) is 18.3 Å². The SMILES string of the molecule is Cc1nn(C)cc1CNc1cc(C#N)ccn1. The van der Waals surface area contributed by atoms with Gasteiger partial charge in [-0.15, -0.1) is 0 Å². The molecule has 0 atom stereocenters. The van der Waals surface area contributed by atoms with Crippen LogP contribution >= 0.6 is 0 Å². The van der Waals surface area contributed by atoms with Crippen molar-refractivity contribution < 1.29 is 0 Å². The molecule has 0 radical (unpaired) electrons. The van der Waals surface area contributed by atoms with E-state index in [-0.39, 0.29) is 0 Å². The molecule has 0 aliphatic rings. The maximum absolute atomic E-state index is 8.78. The number of nitrogens with one attached hydrogen (secondary N) is 1. The first-order valence-electron chi connectivity index (χ1n) is 5.28. The van der Waals surface area contributed by atoms with Gasteiger partial charge in [-0.25, -0.2) is 4.98 Å². The number of aryl methyl sites for hydroxylation is 2. The van der Waals surface area contributed by atoms with Crippen LogP contribution in [0.4, 0.5) is 5.82 Å². The van der Waals surface area contributed by atoms with Gasteiger partial charge in [0.25, 0.3) is 0 Å². The molecule has 0 amide bonds. The van der Waals surface area contributed by atoms with E-state index in [2.05, 4.69) is 21.5 Å². The number of anilines is 1. The van der Waals surface area contributed by atoms with Gasteiger partial charge in [-0.1, -0.05) is 0 Å². The van der Waals surface area contributed by atoms with E-state index in [1.54, 1.807) is 23.0 Å². The molecule has 5 nitrogen and oxygen atoms in total. The summed E-state index contributed by atoms with van der Waals surface area (Å²) in [5.74, 6) is 0.701. The Bertz CT molecular complexity index is 565. The van der Waals surface area contributed by atoms with Gasteiger partial charge in [0.1, 0.15) is 5.82 Å². The fraction of sp³-hybridized carbons (Fsp3) is 0.250. The summed E-state index contributed by atoms with van der Waals surface area (Å²) in [4.78, 5) is 4.15. The molecule has 0 bridgehead atoms. The minimum Gasteiger partial charge on any atom is -0.366 e. The molecule has 0 spiro atoms. The molecular formula is C12H13N5. The van der Waals surface area contributed by atoms with Crippen molar-refractivity contribution in [3.8, 4) is 6.07 Å². The number of aromatic nitrogens is 3. The van der Waals surface area contributed by atoms with Crippen LogP contribution < -0.4 is 5.32 Å². The van der Waals surface area contributed by atoms with E-state index < -0.39 is 0 Å². The molecule has 2 aromatic heterocycles. The highest BCUT2D eigenvalue weighted by Gasteiger charge is 2.03. The van der Waals surface area contributed by atoms with Gasteiger partial charge in [0.05, 0.1) is 17.3 Å². The Morgan fingerprint density at radius 1 is 1.53 bits per heavy atom. The van der Waals surface area contributed by atoms with Gasteiger partial charge in [-0.3, -0.25) is 4.68 Å². The number of nitrogens with zero attached hydrogens (tertiary/aromatic N) is 4. The fourth-order valence-corrected chi connectivity index (χ4v) is 1.60. The monoisotopic (exact) mass is 227 g/mol. The zero-order valence-corrected chi connectivity index (χ0v) is 9.81. The summed E-state index contributed by atoms with van der Waals surface area (Å²) >= 11 is 0. The molecule has 5 heteroatoms. The maximum Gasteiger partial charge on any atom is 0.127 e. The summed E-state index contributed by atoms with van der Waals surface area (Å²) < 4.78 is 1.78. The molecule has 0 aromatic carbocycles. The molecule has 1 N–H and O–H groups in total. The number of hydrogen-bond acceptors (Lipinski definition) is 4. The Morgan fingerprint density at radius 2 is 2.35 bits per heavy atom. The van der Waals surface area contributed by atoms with E-state index in [4.69, 9.17) is 5.26 Å². The van der Waals surface area contributed by atoms with Crippen LogP contribution in [0.2, 0.25) is 0 Å². The number of pyridine rings is 1. The normalized spacial score (nSPS) is 9.94. The van der Waals surface area contributed by atoms with Crippen LogP contribution in [0.15, 0.2) is 24.5 Å². The largest absolute Gasteiger partial charge is 0.366 e. The molecule has 0 fully saturated rings. The molecule has 2 heterocycles. The van der Waals surface area contributed by atoms with Gasteiger partial charge in [-0.2, -0.15) is 10.4 Å². The summed E-state index contributed by atoms with van der Waals surface area (Å²) in [7, 11) is 1.89. The second-order valence-electron chi connectivity index (χ2n) is 3.81. The van der Waals surface area contributed by atoms with Gasteiger partial charge in [0, 0.05) is 31.5 Å². The molecule has 2 aromatic rings. The summed E-state index contributed by atoms with van der Waals surface area (Å²) in [5, 5.41) is 16.2.